The van der Waals surface area contributed by atoms with E-state index in [0.29, 0.717) is 17.2 Å². The second-order valence-corrected chi connectivity index (χ2v) is 11.1. The number of likely N-dealkylation sites (N-methyl/N-ethyl adjacent to an activating group) is 1. The molecule has 3 rings (SSSR count). The highest BCUT2D eigenvalue weighted by atomic mass is 32.2. The molecule has 0 bridgehead atoms. The SMILES string of the molecule is CCN(CC)CCN(C(=O)CSc1ccccc1)c1nc2c(S(C)(=O)=O)cccc2s1. The van der Waals surface area contributed by atoms with E-state index in [-0.39, 0.29) is 16.6 Å². The second kappa shape index (κ2) is 10.6. The Labute approximate surface area is 192 Å². The van der Waals surface area contributed by atoms with Gasteiger partial charge in [0, 0.05) is 24.2 Å². The molecule has 3 aromatic rings. The maximum absolute atomic E-state index is 13.2. The third kappa shape index (κ3) is 6.06. The van der Waals surface area contributed by atoms with Gasteiger partial charge in [0.05, 0.1) is 15.3 Å². The van der Waals surface area contributed by atoms with E-state index >= 15 is 0 Å². The maximum atomic E-state index is 13.2. The first-order chi connectivity index (χ1) is 14.8. The third-order valence-corrected chi connectivity index (χ3v) is 8.11. The number of fused-ring (bicyclic) bond motifs is 1. The van der Waals surface area contributed by atoms with Crippen molar-refractivity contribution < 1.29 is 13.2 Å². The van der Waals surface area contributed by atoms with E-state index in [2.05, 4.69) is 23.7 Å². The molecule has 0 aliphatic rings. The summed E-state index contributed by atoms with van der Waals surface area (Å²) >= 11 is 2.84. The largest absolute Gasteiger partial charge is 0.302 e. The Morgan fingerprint density at radius 2 is 1.74 bits per heavy atom. The average molecular weight is 478 g/mol. The van der Waals surface area contributed by atoms with E-state index in [9.17, 15) is 13.2 Å². The van der Waals surface area contributed by atoms with Gasteiger partial charge >= 0.3 is 0 Å². The van der Waals surface area contributed by atoms with Gasteiger partial charge in [-0.2, -0.15) is 0 Å². The quantitative estimate of drug-likeness (QED) is 0.408. The molecule has 0 atom stereocenters. The van der Waals surface area contributed by atoms with Gasteiger partial charge in [-0.25, -0.2) is 13.4 Å². The van der Waals surface area contributed by atoms with Gasteiger partial charge in [0.1, 0.15) is 5.52 Å². The molecule has 0 N–H and O–H groups in total. The van der Waals surface area contributed by atoms with Crippen LogP contribution in [0.15, 0.2) is 58.3 Å². The van der Waals surface area contributed by atoms with Crippen LogP contribution in [0.2, 0.25) is 0 Å². The lowest BCUT2D eigenvalue weighted by atomic mass is 10.3. The standard InChI is InChI=1S/C22H27N3O3S3/c1-4-24(5-2)14-15-25(20(26)16-29-17-10-7-6-8-11-17)22-23-21-18(30-22)12-9-13-19(21)31(3,27)28/h6-13H,4-5,14-16H2,1-3H3. The number of aromatic nitrogens is 1. The van der Waals surface area contributed by atoms with Crippen LogP contribution in [0, 0.1) is 0 Å². The smallest absolute Gasteiger partial charge is 0.239 e. The number of carbonyl (C=O) groups is 1. The molecule has 0 aliphatic heterocycles. The predicted molar refractivity (Wildman–Crippen MR) is 130 cm³/mol. The van der Waals surface area contributed by atoms with Crippen molar-refractivity contribution in [3.05, 3.63) is 48.5 Å². The summed E-state index contributed by atoms with van der Waals surface area (Å²) in [6.07, 6.45) is 1.18. The lowest BCUT2D eigenvalue weighted by Crippen LogP contribution is -2.39. The fraction of sp³-hybridized carbons (Fsp3) is 0.364. The Morgan fingerprint density at radius 1 is 1.03 bits per heavy atom. The van der Waals surface area contributed by atoms with E-state index in [0.717, 1.165) is 29.2 Å². The molecule has 166 valence electrons. The first-order valence-electron chi connectivity index (χ1n) is 10.1. The van der Waals surface area contributed by atoms with Gasteiger partial charge in [0.2, 0.25) is 5.91 Å². The monoisotopic (exact) mass is 477 g/mol. The Bertz CT molecular complexity index is 1130. The van der Waals surface area contributed by atoms with Gasteiger partial charge < -0.3 is 4.90 Å². The van der Waals surface area contributed by atoms with E-state index in [4.69, 9.17) is 0 Å². The van der Waals surface area contributed by atoms with Crippen molar-refractivity contribution in [1.82, 2.24) is 9.88 Å². The topological polar surface area (TPSA) is 70.6 Å². The summed E-state index contributed by atoms with van der Waals surface area (Å²) in [5.74, 6) is 0.248. The molecule has 1 aromatic heterocycles. The molecule has 9 heteroatoms. The zero-order valence-corrected chi connectivity index (χ0v) is 20.4. The van der Waals surface area contributed by atoms with Crippen LogP contribution in [0.25, 0.3) is 10.2 Å². The number of anilines is 1. The number of thioether (sulfide) groups is 1. The first kappa shape index (κ1) is 23.7. The number of sulfone groups is 1. The molecule has 1 heterocycles. The number of benzene rings is 2. The van der Waals surface area contributed by atoms with Gasteiger partial charge in [0.15, 0.2) is 15.0 Å². The van der Waals surface area contributed by atoms with Crippen LogP contribution in [0.4, 0.5) is 5.13 Å². The number of nitrogens with zero attached hydrogens (tertiary/aromatic N) is 3. The summed E-state index contributed by atoms with van der Waals surface area (Å²) in [7, 11) is -3.41. The highest BCUT2D eigenvalue weighted by molar-refractivity contribution is 8.00. The highest BCUT2D eigenvalue weighted by Crippen LogP contribution is 2.33. The van der Waals surface area contributed by atoms with Crippen LogP contribution in [-0.4, -0.2) is 62.4 Å². The highest BCUT2D eigenvalue weighted by Gasteiger charge is 2.23. The number of carbonyl (C=O) groups excluding carboxylic acids is 1. The zero-order valence-electron chi connectivity index (χ0n) is 17.9. The molecule has 1 amide bonds. The molecule has 0 spiro atoms. The van der Waals surface area contributed by atoms with Crippen molar-refractivity contribution in [3.8, 4) is 0 Å². The normalized spacial score (nSPS) is 11.9. The summed E-state index contributed by atoms with van der Waals surface area (Å²) in [6.45, 7) is 7.21. The van der Waals surface area contributed by atoms with Crippen molar-refractivity contribution >= 4 is 54.2 Å². The van der Waals surface area contributed by atoms with Crippen LogP contribution in [0.3, 0.4) is 0 Å². The molecule has 0 saturated carbocycles. The first-order valence-corrected chi connectivity index (χ1v) is 13.8. The molecule has 0 unspecified atom stereocenters. The van der Waals surface area contributed by atoms with Gasteiger partial charge in [-0.05, 0) is 37.4 Å². The molecule has 6 nitrogen and oxygen atoms in total. The molecular formula is C22H27N3O3S3. The predicted octanol–water partition coefficient (Wildman–Crippen LogP) is 4.17. The molecule has 0 radical (unpaired) electrons. The number of para-hydroxylation sites is 1. The zero-order chi connectivity index (χ0) is 22.4. The number of amides is 1. The maximum Gasteiger partial charge on any atom is 0.239 e. The van der Waals surface area contributed by atoms with Crippen molar-refractivity contribution in [3.63, 3.8) is 0 Å². The number of thiazole rings is 1. The number of hydrogen-bond donors (Lipinski definition) is 0. The second-order valence-electron chi connectivity index (χ2n) is 7.05. The lowest BCUT2D eigenvalue weighted by Gasteiger charge is -2.24. The summed E-state index contributed by atoms with van der Waals surface area (Å²) in [4.78, 5) is 23.0. The van der Waals surface area contributed by atoms with Crippen molar-refractivity contribution in [2.45, 2.75) is 23.6 Å². The van der Waals surface area contributed by atoms with Crippen molar-refractivity contribution in [2.24, 2.45) is 0 Å². The summed E-state index contributed by atoms with van der Waals surface area (Å²) < 4.78 is 25.1. The minimum absolute atomic E-state index is 0.0408. The van der Waals surface area contributed by atoms with Crippen LogP contribution in [-0.2, 0) is 14.6 Å². The van der Waals surface area contributed by atoms with Crippen LogP contribution in [0.5, 0.6) is 0 Å². The lowest BCUT2D eigenvalue weighted by molar-refractivity contribution is -0.116. The fourth-order valence-corrected chi connectivity index (χ4v) is 5.90. The minimum atomic E-state index is -3.41. The number of rotatable bonds is 10. The van der Waals surface area contributed by atoms with Crippen LogP contribution < -0.4 is 4.90 Å². The molecule has 31 heavy (non-hydrogen) atoms. The van der Waals surface area contributed by atoms with E-state index in [1.54, 1.807) is 17.0 Å². The van der Waals surface area contributed by atoms with Crippen LogP contribution in [0.1, 0.15) is 13.8 Å². The Hall–Kier alpha value is -1.94. The Kier molecular flexibility index (Phi) is 8.10. The fourth-order valence-electron chi connectivity index (χ4n) is 3.17. The van der Waals surface area contributed by atoms with Gasteiger partial charge in [-0.3, -0.25) is 9.69 Å². The molecule has 0 fully saturated rings. The van der Waals surface area contributed by atoms with Gasteiger partial charge in [0.25, 0.3) is 0 Å². The summed E-state index contributed by atoms with van der Waals surface area (Å²) in [5, 5.41) is 0.539. The van der Waals surface area contributed by atoms with E-state index in [1.807, 2.05) is 36.4 Å². The third-order valence-electron chi connectivity index (χ3n) is 4.94. The van der Waals surface area contributed by atoms with Crippen LogP contribution >= 0.6 is 23.1 Å². The van der Waals surface area contributed by atoms with E-state index in [1.165, 1.54) is 29.4 Å². The molecule has 2 aromatic carbocycles. The molecule has 0 aliphatic carbocycles. The molecule has 0 saturated heterocycles. The summed E-state index contributed by atoms with van der Waals surface area (Å²) in [6, 6.07) is 14.9. The van der Waals surface area contributed by atoms with E-state index < -0.39 is 9.84 Å². The van der Waals surface area contributed by atoms with Gasteiger partial charge in [-0.1, -0.05) is 49.4 Å². The Balaban J connectivity index is 1.90. The summed E-state index contributed by atoms with van der Waals surface area (Å²) in [5.41, 5.74) is 0.432. The number of hydrogen-bond acceptors (Lipinski definition) is 7. The average Bonchev–Trinajstić information content (AvgIpc) is 3.19. The minimum Gasteiger partial charge on any atom is -0.302 e. The van der Waals surface area contributed by atoms with Crippen molar-refractivity contribution in [1.29, 1.82) is 0 Å². The Morgan fingerprint density at radius 3 is 2.39 bits per heavy atom. The van der Waals surface area contributed by atoms with Gasteiger partial charge in [-0.15, -0.1) is 11.8 Å². The van der Waals surface area contributed by atoms with Crippen molar-refractivity contribution in [2.75, 3.05) is 43.1 Å². The molecular weight excluding hydrogens is 450 g/mol.